The number of hydrogen-bond acceptors (Lipinski definition) is 2. The van der Waals surface area contributed by atoms with Gasteiger partial charge in [0, 0.05) is 6.54 Å². The first kappa shape index (κ1) is 13.6. The number of likely N-dealkylation sites (N-methyl/N-ethyl adjacent to an activating group) is 1. The third-order valence-corrected chi connectivity index (χ3v) is 2.59. The van der Waals surface area contributed by atoms with Gasteiger partial charge in [-0.25, -0.2) is 0 Å². The van der Waals surface area contributed by atoms with Crippen molar-refractivity contribution in [2.45, 2.75) is 38.0 Å². The summed E-state index contributed by atoms with van der Waals surface area (Å²) in [6.07, 6.45) is -3.99. The average Bonchev–Trinajstić information content (AvgIpc) is 2.23. The maximum Gasteiger partial charge on any atom is 0.388 e. The zero-order valence-electron chi connectivity index (χ0n) is 8.78. The maximum absolute atomic E-state index is 13.2. The second-order valence-corrected chi connectivity index (χ2v) is 3.66. The fourth-order valence-electron chi connectivity index (χ4n) is 1.47. The van der Waals surface area contributed by atoms with Gasteiger partial charge in [-0.3, -0.25) is 0 Å². The minimum absolute atomic E-state index is 0.00486. The number of nitrogens with zero attached hydrogens (tertiary/aromatic N) is 2. The van der Waals surface area contributed by atoms with E-state index in [0.29, 0.717) is 6.42 Å². The van der Waals surface area contributed by atoms with Crippen LogP contribution in [0.1, 0.15) is 19.8 Å². The van der Waals surface area contributed by atoms with E-state index in [2.05, 4.69) is 0 Å². The number of hydrogen-bond donors (Lipinski definition) is 0. The van der Waals surface area contributed by atoms with E-state index in [1.807, 2.05) is 0 Å². The molecule has 0 bridgehead atoms. The van der Waals surface area contributed by atoms with Crippen molar-refractivity contribution >= 4 is 0 Å². The highest BCUT2D eigenvalue weighted by Gasteiger charge is 2.79. The molecule has 0 N–H and O–H groups in total. The number of unbranched alkanes of at least 4 members (excludes halogenated alkanes) is 1. The van der Waals surface area contributed by atoms with Crippen LogP contribution >= 0.6 is 0 Å². The first-order chi connectivity index (χ1) is 7.10. The number of alkyl halides is 6. The Balaban J connectivity index is 3.06. The van der Waals surface area contributed by atoms with Crippen molar-refractivity contribution in [2.24, 2.45) is 0 Å². The zero-order chi connectivity index (χ0) is 12.8. The third kappa shape index (κ3) is 1.58. The molecule has 1 aliphatic heterocycles. The molecule has 0 radical (unpaired) electrons. The highest BCUT2D eigenvalue weighted by Crippen LogP contribution is 2.53. The number of halogens is 6. The van der Waals surface area contributed by atoms with Crippen LogP contribution in [0.3, 0.4) is 0 Å². The molecule has 0 unspecified atom stereocenters. The molecule has 2 nitrogen and oxygen atoms in total. The summed E-state index contributed by atoms with van der Waals surface area (Å²) in [5.41, 5.74) is 0. The Morgan fingerprint density at radius 3 is 1.75 bits per heavy atom. The van der Waals surface area contributed by atoms with Crippen LogP contribution in [-0.4, -0.2) is 41.7 Å². The maximum atomic E-state index is 13.2. The molecule has 0 aromatic carbocycles. The first-order valence-corrected chi connectivity index (χ1v) is 4.75. The van der Waals surface area contributed by atoms with Crippen LogP contribution in [0.5, 0.6) is 0 Å². The van der Waals surface area contributed by atoms with Gasteiger partial charge in [-0.15, -0.1) is 0 Å². The molecule has 96 valence electrons. The molecule has 0 aromatic heterocycles. The van der Waals surface area contributed by atoms with E-state index in [1.54, 1.807) is 6.92 Å². The van der Waals surface area contributed by atoms with Crippen LogP contribution in [-0.2, 0) is 0 Å². The van der Waals surface area contributed by atoms with Crippen molar-refractivity contribution < 1.29 is 26.3 Å². The van der Waals surface area contributed by atoms with Crippen LogP contribution in [0.2, 0.25) is 0 Å². The third-order valence-electron chi connectivity index (χ3n) is 2.59. The average molecular weight is 250 g/mol. The van der Waals surface area contributed by atoms with Gasteiger partial charge in [-0.05, 0) is 13.5 Å². The van der Waals surface area contributed by atoms with Gasteiger partial charge in [-0.1, -0.05) is 13.3 Å². The van der Waals surface area contributed by atoms with Crippen LogP contribution in [0.25, 0.3) is 0 Å². The molecule has 1 heterocycles. The Kier molecular flexibility index (Phi) is 3.19. The summed E-state index contributed by atoms with van der Waals surface area (Å²) in [6, 6.07) is -9.73. The van der Waals surface area contributed by atoms with Gasteiger partial charge in [0.15, 0.2) is 0 Å². The quantitative estimate of drug-likeness (QED) is 0.561. The van der Waals surface area contributed by atoms with Crippen molar-refractivity contribution in [3.8, 4) is 0 Å². The Morgan fingerprint density at radius 1 is 0.938 bits per heavy atom. The summed E-state index contributed by atoms with van der Waals surface area (Å²) in [5, 5.41) is 0. The molecule has 1 aliphatic rings. The van der Waals surface area contributed by atoms with Crippen LogP contribution in [0, 0.1) is 0 Å². The van der Waals surface area contributed by atoms with Gasteiger partial charge >= 0.3 is 18.3 Å². The monoisotopic (exact) mass is 250 g/mol. The lowest BCUT2D eigenvalue weighted by Crippen LogP contribution is -2.50. The van der Waals surface area contributed by atoms with Crippen LogP contribution < -0.4 is 0 Å². The minimum Gasteiger partial charge on any atom is -0.179 e. The molecule has 0 saturated carbocycles. The molecule has 0 aromatic rings. The van der Waals surface area contributed by atoms with Gasteiger partial charge in [-0.2, -0.15) is 36.1 Å². The van der Waals surface area contributed by atoms with E-state index < -0.39 is 34.6 Å². The summed E-state index contributed by atoms with van der Waals surface area (Å²) in [7, 11) is 0.278. The lowest BCUT2D eigenvalue weighted by molar-refractivity contribution is -0.279. The molecule has 1 saturated heterocycles. The van der Waals surface area contributed by atoms with Crippen LogP contribution in [0.4, 0.5) is 26.3 Å². The largest absolute Gasteiger partial charge is 0.388 e. The molecule has 16 heavy (non-hydrogen) atoms. The summed E-state index contributed by atoms with van der Waals surface area (Å²) in [4.78, 5) is -1.64. The molecule has 1 rings (SSSR count). The summed E-state index contributed by atoms with van der Waals surface area (Å²) in [5.74, 6) is 0. The first-order valence-electron chi connectivity index (χ1n) is 4.75. The van der Waals surface area contributed by atoms with Crippen molar-refractivity contribution in [3.63, 3.8) is 0 Å². The molecule has 0 spiro atoms. The molecular formula is C8H12F6N2. The fourth-order valence-corrected chi connectivity index (χ4v) is 1.47. The summed E-state index contributed by atoms with van der Waals surface area (Å²) < 4.78 is 78.5. The summed E-state index contributed by atoms with van der Waals surface area (Å²) >= 11 is 0. The summed E-state index contributed by atoms with van der Waals surface area (Å²) in [6.45, 7) is 0.810. The standard InChI is InChI=1S/C8H12F6N2/c1-3-4-5-16-7(11,12)6(9,10)15(2)8(16,13)14/h3-5H2,1-2H3. The van der Waals surface area contributed by atoms with Gasteiger partial charge in [0.2, 0.25) is 0 Å². The normalized spacial score (nSPS) is 28.5. The lowest BCUT2D eigenvalue weighted by atomic mass is 10.3. The van der Waals surface area contributed by atoms with Crippen LogP contribution in [0.15, 0.2) is 0 Å². The Labute approximate surface area is 88.8 Å². The van der Waals surface area contributed by atoms with Gasteiger partial charge in [0.25, 0.3) is 0 Å². The highest BCUT2D eigenvalue weighted by atomic mass is 19.3. The van der Waals surface area contributed by atoms with Gasteiger partial charge < -0.3 is 0 Å². The molecular weight excluding hydrogens is 238 g/mol. The lowest BCUT2D eigenvalue weighted by Gasteiger charge is -2.27. The molecule has 0 atom stereocenters. The van der Waals surface area contributed by atoms with Gasteiger partial charge in [0.05, 0.1) is 0 Å². The smallest absolute Gasteiger partial charge is 0.179 e. The second-order valence-electron chi connectivity index (χ2n) is 3.66. The van der Waals surface area contributed by atoms with E-state index >= 15 is 0 Å². The number of rotatable bonds is 3. The Morgan fingerprint density at radius 2 is 1.44 bits per heavy atom. The second kappa shape index (κ2) is 3.76. The van der Waals surface area contributed by atoms with Crippen molar-refractivity contribution in [1.29, 1.82) is 0 Å². The molecule has 8 heteroatoms. The predicted octanol–water partition coefficient (Wildman–Crippen LogP) is 2.77. The molecule has 1 fully saturated rings. The minimum atomic E-state index is -4.87. The van der Waals surface area contributed by atoms with Crippen molar-refractivity contribution in [1.82, 2.24) is 9.80 Å². The fraction of sp³-hybridized carbons (Fsp3) is 1.00. The van der Waals surface area contributed by atoms with E-state index in [1.165, 1.54) is 0 Å². The highest BCUT2D eigenvalue weighted by molar-refractivity contribution is 4.96. The predicted molar refractivity (Wildman–Crippen MR) is 44.2 cm³/mol. The van der Waals surface area contributed by atoms with Crippen molar-refractivity contribution in [2.75, 3.05) is 13.6 Å². The molecule has 0 amide bonds. The topological polar surface area (TPSA) is 6.48 Å². The SMILES string of the molecule is CCCCN1C(F)(F)N(C)C(F)(F)C1(F)F. The Bertz CT molecular complexity index is 267. The Hall–Kier alpha value is -0.500. The van der Waals surface area contributed by atoms with Crippen molar-refractivity contribution in [3.05, 3.63) is 0 Å². The van der Waals surface area contributed by atoms with E-state index in [9.17, 15) is 26.3 Å². The van der Waals surface area contributed by atoms with E-state index in [0.717, 1.165) is 0 Å². The van der Waals surface area contributed by atoms with E-state index in [4.69, 9.17) is 0 Å². The van der Waals surface area contributed by atoms with E-state index in [-0.39, 0.29) is 13.5 Å². The molecule has 0 aliphatic carbocycles. The zero-order valence-corrected chi connectivity index (χ0v) is 8.78. The van der Waals surface area contributed by atoms with Gasteiger partial charge in [0.1, 0.15) is 0 Å².